The van der Waals surface area contributed by atoms with Crippen molar-refractivity contribution in [2.24, 2.45) is 0 Å². The van der Waals surface area contributed by atoms with Gasteiger partial charge in [0.25, 0.3) is 0 Å². The van der Waals surface area contributed by atoms with E-state index in [9.17, 15) is 14.0 Å². The second-order valence-electron chi connectivity index (χ2n) is 5.25. The number of halogens is 1. The van der Waals surface area contributed by atoms with E-state index in [0.717, 1.165) is 5.56 Å². The van der Waals surface area contributed by atoms with Gasteiger partial charge in [0.2, 0.25) is 5.91 Å². The van der Waals surface area contributed by atoms with E-state index in [1.54, 1.807) is 33.3 Å². The number of aromatic nitrogens is 2. The summed E-state index contributed by atoms with van der Waals surface area (Å²) in [4.78, 5) is 25.0. The summed E-state index contributed by atoms with van der Waals surface area (Å²) >= 11 is 0. The molecule has 0 atom stereocenters. The van der Waals surface area contributed by atoms with Crippen molar-refractivity contribution in [3.05, 3.63) is 42.0 Å². The molecule has 2 N–H and O–H groups in total. The van der Waals surface area contributed by atoms with E-state index < -0.39 is 11.8 Å². The fourth-order valence-corrected chi connectivity index (χ4v) is 1.81. The van der Waals surface area contributed by atoms with E-state index in [4.69, 9.17) is 0 Å². The van der Waals surface area contributed by atoms with Crippen LogP contribution in [0.1, 0.15) is 5.56 Å². The topological polar surface area (TPSA) is 79.3 Å². The van der Waals surface area contributed by atoms with Gasteiger partial charge in [-0.05, 0) is 24.6 Å². The molecule has 7 nitrogen and oxygen atoms in total. The van der Waals surface area contributed by atoms with Crippen LogP contribution in [0.3, 0.4) is 0 Å². The predicted octanol–water partition coefficient (Wildman–Crippen LogP) is 2.06. The standard InChI is InChI=1S/C15H18FN5O2/c1-10-4-5-11(16)6-13(10)19-15(23)18-12-7-17-21(8-12)9-14(22)20(2)3/h4-8H,9H2,1-3H3,(H2,18,19,23). The lowest BCUT2D eigenvalue weighted by Gasteiger charge is -2.10. The molecule has 2 rings (SSSR count). The molecule has 0 fully saturated rings. The molecule has 0 saturated heterocycles. The maximum absolute atomic E-state index is 13.2. The summed E-state index contributed by atoms with van der Waals surface area (Å²) in [5, 5.41) is 9.14. The number of nitrogens with zero attached hydrogens (tertiary/aromatic N) is 3. The number of hydrogen-bond acceptors (Lipinski definition) is 3. The number of nitrogens with one attached hydrogen (secondary N) is 2. The molecule has 1 heterocycles. The minimum atomic E-state index is -0.516. The largest absolute Gasteiger partial charge is 0.347 e. The van der Waals surface area contributed by atoms with Crippen LogP contribution in [0.15, 0.2) is 30.6 Å². The van der Waals surface area contributed by atoms with Crippen molar-refractivity contribution in [3.63, 3.8) is 0 Å². The van der Waals surface area contributed by atoms with Crippen LogP contribution in [0.5, 0.6) is 0 Å². The van der Waals surface area contributed by atoms with Gasteiger partial charge >= 0.3 is 6.03 Å². The molecule has 1 aromatic heterocycles. The Hall–Kier alpha value is -2.90. The highest BCUT2D eigenvalue weighted by atomic mass is 19.1. The van der Waals surface area contributed by atoms with E-state index in [1.165, 1.54) is 27.9 Å². The minimum absolute atomic E-state index is 0.0826. The second-order valence-corrected chi connectivity index (χ2v) is 5.25. The van der Waals surface area contributed by atoms with Gasteiger partial charge in [0, 0.05) is 26.0 Å². The van der Waals surface area contributed by atoms with Crippen molar-refractivity contribution in [1.82, 2.24) is 14.7 Å². The number of carbonyl (C=O) groups excluding carboxylic acids is 2. The summed E-state index contributed by atoms with van der Waals surface area (Å²) < 4.78 is 14.6. The first-order valence-corrected chi connectivity index (χ1v) is 6.92. The molecule has 0 saturated carbocycles. The first kappa shape index (κ1) is 16.5. The van der Waals surface area contributed by atoms with Crippen molar-refractivity contribution >= 4 is 23.3 Å². The smallest absolute Gasteiger partial charge is 0.323 e. The summed E-state index contributed by atoms with van der Waals surface area (Å²) in [6.07, 6.45) is 2.97. The van der Waals surface area contributed by atoms with Crippen LogP contribution in [0.25, 0.3) is 0 Å². The van der Waals surface area contributed by atoms with Gasteiger partial charge in [-0.1, -0.05) is 6.07 Å². The normalized spacial score (nSPS) is 10.3. The average Bonchev–Trinajstić information content (AvgIpc) is 2.89. The molecule has 8 heteroatoms. The molecule has 0 aliphatic carbocycles. The Morgan fingerprint density at radius 2 is 2.04 bits per heavy atom. The fourth-order valence-electron chi connectivity index (χ4n) is 1.81. The molecule has 3 amide bonds. The Kier molecular flexibility index (Phi) is 4.95. The summed E-state index contributed by atoms with van der Waals surface area (Å²) in [7, 11) is 3.31. The van der Waals surface area contributed by atoms with Crippen LogP contribution in [0.2, 0.25) is 0 Å². The van der Waals surface area contributed by atoms with Gasteiger partial charge in [-0.3, -0.25) is 9.48 Å². The number of likely N-dealkylation sites (N-methyl/N-ethyl adjacent to an activating group) is 1. The molecular formula is C15H18FN5O2. The van der Waals surface area contributed by atoms with E-state index in [-0.39, 0.29) is 12.5 Å². The molecule has 0 aliphatic rings. The lowest BCUT2D eigenvalue weighted by atomic mass is 10.2. The van der Waals surface area contributed by atoms with Gasteiger partial charge in [-0.25, -0.2) is 9.18 Å². The first-order valence-electron chi connectivity index (χ1n) is 6.92. The summed E-state index contributed by atoms with van der Waals surface area (Å²) in [6, 6.07) is 3.63. The van der Waals surface area contributed by atoms with Gasteiger partial charge in [-0.2, -0.15) is 5.10 Å². The highest BCUT2D eigenvalue weighted by Crippen LogP contribution is 2.16. The molecule has 23 heavy (non-hydrogen) atoms. The maximum atomic E-state index is 13.2. The lowest BCUT2D eigenvalue weighted by Crippen LogP contribution is -2.26. The zero-order chi connectivity index (χ0) is 17.0. The van der Waals surface area contributed by atoms with Crippen LogP contribution < -0.4 is 10.6 Å². The van der Waals surface area contributed by atoms with Gasteiger partial charge in [0.05, 0.1) is 11.9 Å². The number of aryl methyl sites for hydroxylation is 1. The third-order valence-electron chi connectivity index (χ3n) is 3.13. The minimum Gasteiger partial charge on any atom is -0.347 e. The molecule has 2 aromatic rings. The second kappa shape index (κ2) is 6.91. The fraction of sp³-hybridized carbons (Fsp3) is 0.267. The molecule has 0 bridgehead atoms. The monoisotopic (exact) mass is 319 g/mol. The Bertz CT molecular complexity index is 726. The average molecular weight is 319 g/mol. The quantitative estimate of drug-likeness (QED) is 0.905. The Labute approximate surface area is 133 Å². The van der Waals surface area contributed by atoms with Crippen molar-refractivity contribution in [2.45, 2.75) is 13.5 Å². The van der Waals surface area contributed by atoms with Crippen molar-refractivity contribution in [2.75, 3.05) is 24.7 Å². The molecule has 0 aliphatic heterocycles. The van der Waals surface area contributed by atoms with E-state index in [0.29, 0.717) is 11.4 Å². The van der Waals surface area contributed by atoms with E-state index in [1.807, 2.05) is 0 Å². The van der Waals surface area contributed by atoms with Crippen molar-refractivity contribution in [3.8, 4) is 0 Å². The third kappa shape index (κ3) is 4.53. The van der Waals surface area contributed by atoms with Crippen LogP contribution >= 0.6 is 0 Å². The molecule has 0 radical (unpaired) electrons. The molecule has 122 valence electrons. The first-order chi connectivity index (χ1) is 10.8. The number of urea groups is 1. The maximum Gasteiger partial charge on any atom is 0.323 e. The zero-order valence-electron chi connectivity index (χ0n) is 13.1. The van der Waals surface area contributed by atoms with Crippen LogP contribution in [0.4, 0.5) is 20.6 Å². The summed E-state index contributed by atoms with van der Waals surface area (Å²) in [5.74, 6) is -0.541. The van der Waals surface area contributed by atoms with E-state index >= 15 is 0 Å². The number of hydrogen-bond donors (Lipinski definition) is 2. The summed E-state index contributed by atoms with van der Waals surface area (Å²) in [6.45, 7) is 1.85. The van der Waals surface area contributed by atoms with Crippen molar-refractivity contribution < 1.29 is 14.0 Å². The highest BCUT2D eigenvalue weighted by Gasteiger charge is 2.09. The Morgan fingerprint density at radius 1 is 1.30 bits per heavy atom. The number of anilines is 2. The van der Waals surface area contributed by atoms with E-state index in [2.05, 4.69) is 15.7 Å². The van der Waals surface area contributed by atoms with Gasteiger partial charge < -0.3 is 15.5 Å². The third-order valence-corrected chi connectivity index (χ3v) is 3.13. The predicted molar refractivity (Wildman–Crippen MR) is 84.7 cm³/mol. The molecule has 0 spiro atoms. The van der Waals surface area contributed by atoms with Crippen LogP contribution in [-0.2, 0) is 11.3 Å². The van der Waals surface area contributed by atoms with Crippen LogP contribution in [-0.4, -0.2) is 40.7 Å². The Balaban J connectivity index is 1.97. The highest BCUT2D eigenvalue weighted by molar-refractivity contribution is 6.00. The van der Waals surface area contributed by atoms with Crippen LogP contribution in [0, 0.1) is 12.7 Å². The number of rotatable bonds is 4. The van der Waals surface area contributed by atoms with Gasteiger partial charge in [0.1, 0.15) is 12.4 Å². The van der Waals surface area contributed by atoms with Crippen molar-refractivity contribution in [1.29, 1.82) is 0 Å². The number of carbonyl (C=O) groups is 2. The molecular weight excluding hydrogens is 301 g/mol. The summed E-state index contributed by atoms with van der Waals surface area (Å²) in [5.41, 5.74) is 1.56. The Morgan fingerprint density at radius 3 is 2.74 bits per heavy atom. The molecule has 0 unspecified atom stereocenters. The molecule has 1 aromatic carbocycles. The van der Waals surface area contributed by atoms with Gasteiger partial charge in [0.15, 0.2) is 0 Å². The number of benzene rings is 1. The zero-order valence-corrected chi connectivity index (χ0v) is 13.1. The number of amides is 3. The van der Waals surface area contributed by atoms with Gasteiger partial charge in [-0.15, -0.1) is 0 Å². The lowest BCUT2D eigenvalue weighted by molar-refractivity contribution is -0.129. The SMILES string of the molecule is Cc1ccc(F)cc1NC(=O)Nc1cnn(CC(=O)N(C)C)c1.